The Morgan fingerprint density at radius 3 is 2.25 bits per heavy atom. The number of benzene rings is 2. The lowest BCUT2D eigenvalue weighted by atomic mass is 10.2. The second-order valence-electron chi connectivity index (χ2n) is 5.01. The SMILES string of the molecule is CCCOCCOc1ccc(C(=O)Oc2ccc(C#N)cc2)cc1. The minimum atomic E-state index is -0.461. The molecule has 0 radical (unpaired) electrons. The van der Waals surface area contributed by atoms with Crippen molar-refractivity contribution >= 4 is 5.97 Å². The molecule has 5 nitrogen and oxygen atoms in total. The Kier molecular flexibility index (Phi) is 6.81. The van der Waals surface area contributed by atoms with Gasteiger partial charge in [-0.25, -0.2) is 4.79 Å². The van der Waals surface area contributed by atoms with Gasteiger partial charge in [0.25, 0.3) is 0 Å². The zero-order valence-electron chi connectivity index (χ0n) is 13.5. The van der Waals surface area contributed by atoms with E-state index in [9.17, 15) is 4.79 Å². The molecule has 24 heavy (non-hydrogen) atoms. The van der Waals surface area contributed by atoms with Crippen molar-refractivity contribution in [1.29, 1.82) is 5.26 Å². The lowest BCUT2D eigenvalue weighted by Crippen LogP contribution is -2.09. The molecule has 0 atom stereocenters. The zero-order chi connectivity index (χ0) is 17.2. The maximum absolute atomic E-state index is 12.1. The van der Waals surface area contributed by atoms with Crippen LogP contribution >= 0.6 is 0 Å². The first-order valence-electron chi connectivity index (χ1n) is 7.76. The van der Waals surface area contributed by atoms with Crippen molar-refractivity contribution in [1.82, 2.24) is 0 Å². The maximum Gasteiger partial charge on any atom is 0.343 e. The smallest absolute Gasteiger partial charge is 0.343 e. The van der Waals surface area contributed by atoms with Gasteiger partial charge < -0.3 is 14.2 Å². The van der Waals surface area contributed by atoms with E-state index in [1.807, 2.05) is 6.07 Å². The standard InChI is InChI=1S/C19H19NO4/c1-2-11-22-12-13-23-17-9-5-16(6-10-17)19(21)24-18-7-3-15(14-20)4-8-18/h3-10H,2,11-13H2,1H3. The van der Waals surface area contributed by atoms with Crippen molar-refractivity contribution in [2.24, 2.45) is 0 Å². The third-order valence-corrected chi connectivity index (χ3v) is 3.13. The first kappa shape index (κ1) is 17.5. The average molecular weight is 325 g/mol. The molecule has 0 saturated carbocycles. The van der Waals surface area contributed by atoms with Crippen LogP contribution in [0, 0.1) is 11.3 Å². The molecule has 2 rings (SSSR count). The maximum atomic E-state index is 12.1. The van der Waals surface area contributed by atoms with Gasteiger partial charge in [0.15, 0.2) is 0 Å². The van der Waals surface area contributed by atoms with Crippen LogP contribution in [0.2, 0.25) is 0 Å². The van der Waals surface area contributed by atoms with E-state index in [2.05, 4.69) is 6.92 Å². The van der Waals surface area contributed by atoms with Gasteiger partial charge in [-0.1, -0.05) is 6.92 Å². The fourth-order valence-corrected chi connectivity index (χ4v) is 1.92. The molecule has 2 aromatic rings. The second kappa shape index (κ2) is 9.33. The Labute approximate surface area is 141 Å². The fourth-order valence-electron chi connectivity index (χ4n) is 1.92. The van der Waals surface area contributed by atoms with Gasteiger partial charge in [-0.2, -0.15) is 5.26 Å². The monoisotopic (exact) mass is 325 g/mol. The zero-order valence-corrected chi connectivity index (χ0v) is 13.5. The molecule has 0 aliphatic carbocycles. The molecule has 0 heterocycles. The molecule has 0 aliphatic heterocycles. The topological polar surface area (TPSA) is 68.6 Å². The van der Waals surface area contributed by atoms with E-state index in [1.165, 1.54) is 0 Å². The number of esters is 1. The van der Waals surface area contributed by atoms with Crippen molar-refractivity contribution in [3.05, 3.63) is 59.7 Å². The normalized spacial score (nSPS) is 10.0. The Morgan fingerprint density at radius 1 is 0.958 bits per heavy atom. The van der Waals surface area contributed by atoms with Crippen molar-refractivity contribution in [2.45, 2.75) is 13.3 Å². The molecule has 124 valence electrons. The molecule has 5 heteroatoms. The van der Waals surface area contributed by atoms with Gasteiger partial charge in [-0.05, 0) is 55.0 Å². The van der Waals surface area contributed by atoms with Crippen molar-refractivity contribution in [3.63, 3.8) is 0 Å². The van der Waals surface area contributed by atoms with E-state index in [4.69, 9.17) is 19.5 Å². The lowest BCUT2D eigenvalue weighted by Gasteiger charge is -2.08. The molecule has 0 fully saturated rings. The summed E-state index contributed by atoms with van der Waals surface area (Å²) in [6.07, 6.45) is 0.982. The minimum Gasteiger partial charge on any atom is -0.491 e. The number of rotatable bonds is 8. The quantitative estimate of drug-likeness (QED) is 0.421. The summed E-state index contributed by atoms with van der Waals surface area (Å²) >= 11 is 0. The highest BCUT2D eigenvalue weighted by molar-refractivity contribution is 5.91. The molecule has 0 aromatic heterocycles. The highest BCUT2D eigenvalue weighted by Gasteiger charge is 2.09. The second-order valence-corrected chi connectivity index (χ2v) is 5.01. The van der Waals surface area contributed by atoms with E-state index in [0.717, 1.165) is 13.0 Å². The number of carbonyl (C=O) groups is 1. The molecule has 0 bridgehead atoms. The van der Waals surface area contributed by atoms with E-state index in [1.54, 1.807) is 48.5 Å². The summed E-state index contributed by atoms with van der Waals surface area (Å²) in [5.74, 6) is 0.606. The summed E-state index contributed by atoms with van der Waals surface area (Å²) in [6, 6.07) is 15.1. The van der Waals surface area contributed by atoms with Crippen molar-refractivity contribution in [2.75, 3.05) is 19.8 Å². The molecular weight excluding hydrogens is 306 g/mol. The van der Waals surface area contributed by atoms with Crippen molar-refractivity contribution < 1.29 is 19.0 Å². The average Bonchev–Trinajstić information content (AvgIpc) is 2.62. The number of hydrogen-bond acceptors (Lipinski definition) is 5. The van der Waals surface area contributed by atoms with Gasteiger partial charge >= 0.3 is 5.97 Å². The summed E-state index contributed by atoms with van der Waals surface area (Å²) in [4.78, 5) is 12.1. The molecule has 2 aromatic carbocycles. The molecule has 0 spiro atoms. The van der Waals surface area contributed by atoms with Crippen LogP contribution in [0.5, 0.6) is 11.5 Å². The largest absolute Gasteiger partial charge is 0.491 e. The third kappa shape index (κ3) is 5.41. The number of nitrogens with zero attached hydrogens (tertiary/aromatic N) is 1. The van der Waals surface area contributed by atoms with Gasteiger partial charge in [-0.15, -0.1) is 0 Å². The van der Waals surface area contributed by atoms with Crippen LogP contribution in [-0.2, 0) is 4.74 Å². The van der Waals surface area contributed by atoms with Crippen molar-refractivity contribution in [3.8, 4) is 17.6 Å². The predicted molar refractivity (Wildman–Crippen MR) is 89.2 cm³/mol. The summed E-state index contributed by atoms with van der Waals surface area (Å²) < 4.78 is 16.1. The van der Waals surface area contributed by atoms with Crippen LogP contribution in [0.15, 0.2) is 48.5 Å². The van der Waals surface area contributed by atoms with Crippen LogP contribution in [0.4, 0.5) is 0 Å². The molecule has 0 amide bonds. The number of hydrogen-bond donors (Lipinski definition) is 0. The Morgan fingerprint density at radius 2 is 1.62 bits per heavy atom. The van der Waals surface area contributed by atoms with E-state index < -0.39 is 5.97 Å². The molecule has 0 saturated heterocycles. The van der Waals surface area contributed by atoms with Gasteiger partial charge in [0.05, 0.1) is 23.8 Å². The summed E-state index contributed by atoms with van der Waals surface area (Å²) in [7, 11) is 0. The number of carbonyl (C=O) groups excluding carboxylic acids is 1. The van der Waals surface area contributed by atoms with E-state index in [0.29, 0.717) is 35.8 Å². The number of ether oxygens (including phenoxy) is 3. The van der Waals surface area contributed by atoms with Crippen LogP contribution in [0.3, 0.4) is 0 Å². The van der Waals surface area contributed by atoms with E-state index in [-0.39, 0.29) is 0 Å². The Bertz CT molecular complexity index is 687. The molecule has 0 aliphatic rings. The first-order chi connectivity index (χ1) is 11.7. The summed E-state index contributed by atoms with van der Waals surface area (Å²) in [6.45, 7) is 3.78. The number of nitriles is 1. The van der Waals surface area contributed by atoms with Crippen LogP contribution in [0.25, 0.3) is 0 Å². The predicted octanol–water partition coefficient (Wildman–Crippen LogP) is 3.58. The summed E-state index contributed by atoms with van der Waals surface area (Å²) in [5, 5.41) is 8.74. The van der Waals surface area contributed by atoms with Gasteiger partial charge in [-0.3, -0.25) is 0 Å². The van der Waals surface area contributed by atoms with Gasteiger partial charge in [0, 0.05) is 6.61 Å². The highest BCUT2D eigenvalue weighted by atomic mass is 16.5. The lowest BCUT2D eigenvalue weighted by molar-refractivity contribution is 0.0734. The first-order valence-corrected chi connectivity index (χ1v) is 7.76. The van der Waals surface area contributed by atoms with Gasteiger partial charge in [0.1, 0.15) is 18.1 Å². The van der Waals surface area contributed by atoms with Gasteiger partial charge in [0.2, 0.25) is 0 Å². The third-order valence-electron chi connectivity index (χ3n) is 3.13. The highest BCUT2D eigenvalue weighted by Crippen LogP contribution is 2.16. The fraction of sp³-hybridized carbons (Fsp3) is 0.263. The molecule has 0 N–H and O–H groups in total. The van der Waals surface area contributed by atoms with Crippen LogP contribution in [0.1, 0.15) is 29.3 Å². The molecule has 0 unspecified atom stereocenters. The van der Waals surface area contributed by atoms with Crippen LogP contribution < -0.4 is 9.47 Å². The Balaban J connectivity index is 1.85. The van der Waals surface area contributed by atoms with Crippen LogP contribution in [-0.4, -0.2) is 25.8 Å². The Hall–Kier alpha value is -2.84. The summed E-state index contributed by atoms with van der Waals surface area (Å²) in [5.41, 5.74) is 0.938. The van der Waals surface area contributed by atoms with E-state index >= 15 is 0 Å². The minimum absolute atomic E-state index is 0.396. The molecular formula is C19H19NO4.